The minimum absolute atomic E-state index is 0.302. The average Bonchev–Trinajstić information content (AvgIpc) is 3.47. The van der Waals surface area contributed by atoms with Gasteiger partial charge in [-0.15, -0.1) is 0 Å². The van der Waals surface area contributed by atoms with Crippen LogP contribution in [0.1, 0.15) is 24.1 Å². The third-order valence-corrected chi connectivity index (χ3v) is 7.16. The van der Waals surface area contributed by atoms with E-state index in [0.29, 0.717) is 41.0 Å². The number of allylic oxidation sites excluding steroid dienone is 1. The maximum atomic E-state index is 13.8. The van der Waals surface area contributed by atoms with Gasteiger partial charge in [0.05, 0.1) is 25.5 Å². The van der Waals surface area contributed by atoms with Crippen LogP contribution in [-0.2, 0) is 11.4 Å². The van der Waals surface area contributed by atoms with E-state index in [2.05, 4.69) is 45.0 Å². The number of rotatable bonds is 8. The summed E-state index contributed by atoms with van der Waals surface area (Å²) in [5.74, 6) is 2.10. The number of hydrogen-bond donors (Lipinski definition) is 2. The fraction of sp³-hybridized carbons (Fsp3) is 0.156. The quantitative estimate of drug-likeness (QED) is 0.247. The molecule has 5 aromatic rings. The number of hydrogen-bond acceptors (Lipinski definition) is 7. The first-order valence-electron chi connectivity index (χ1n) is 13.2. The Morgan fingerprint density at radius 1 is 0.951 bits per heavy atom. The maximum Gasteiger partial charge on any atom is 0.255 e. The first-order chi connectivity index (χ1) is 20.1. The van der Waals surface area contributed by atoms with E-state index in [4.69, 9.17) is 14.2 Å². The van der Waals surface area contributed by atoms with E-state index < -0.39 is 6.04 Å². The van der Waals surface area contributed by atoms with Crippen LogP contribution in [0.5, 0.6) is 17.2 Å². The van der Waals surface area contributed by atoms with Crippen molar-refractivity contribution in [2.24, 2.45) is 0 Å². The molecule has 0 bridgehead atoms. The van der Waals surface area contributed by atoms with E-state index in [9.17, 15) is 4.79 Å². The van der Waals surface area contributed by atoms with Crippen molar-refractivity contribution in [3.05, 3.63) is 114 Å². The minimum Gasteiger partial charge on any atom is -0.497 e. The predicted molar refractivity (Wildman–Crippen MR) is 157 cm³/mol. The number of anilines is 2. The second-order valence-electron chi connectivity index (χ2n) is 9.61. The average molecular weight is 548 g/mol. The number of fused-ring (bicyclic) bond motifs is 2. The van der Waals surface area contributed by atoms with E-state index in [1.807, 2.05) is 49.4 Å². The monoisotopic (exact) mass is 547 g/mol. The van der Waals surface area contributed by atoms with Gasteiger partial charge in [0.2, 0.25) is 5.95 Å². The van der Waals surface area contributed by atoms with Gasteiger partial charge in [0.15, 0.2) is 0 Å². The van der Waals surface area contributed by atoms with Crippen LogP contribution < -0.4 is 24.8 Å². The SMILES string of the molecule is COc1ccc(OC)c(NC(=O)C2=C(C)Nc3ncnn3C2c2ccc(OCc3cccc4ccccc34)cc2)c1. The van der Waals surface area contributed by atoms with Crippen molar-refractivity contribution >= 4 is 28.3 Å². The molecule has 1 amide bonds. The normalized spacial score (nSPS) is 14.3. The lowest BCUT2D eigenvalue weighted by molar-refractivity contribution is -0.113. The largest absolute Gasteiger partial charge is 0.497 e. The summed E-state index contributed by atoms with van der Waals surface area (Å²) in [6.07, 6.45) is 1.47. The van der Waals surface area contributed by atoms with Crippen molar-refractivity contribution in [2.75, 3.05) is 24.9 Å². The van der Waals surface area contributed by atoms with E-state index in [1.54, 1.807) is 37.1 Å². The molecule has 1 aromatic heterocycles. The fourth-order valence-corrected chi connectivity index (χ4v) is 5.12. The Bertz CT molecular complexity index is 1750. The highest BCUT2D eigenvalue weighted by Gasteiger charge is 2.33. The van der Waals surface area contributed by atoms with Crippen molar-refractivity contribution in [1.29, 1.82) is 0 Å². The van der Waals surface area contributed by atoms with E-state index in [-0.39, 0.29) is 5.91 Å². The van der Waals surface area contributed by atoms with Gasteiger partial charge in [0, 0.05) is 11.8 Å². The molecule has 0 aliphatic carbocycles. The molecule has 9 nitrogen and oxygen atoms in total. The van der Waals surface area contributed by atoms with Crippen LogP contribution in [0.3, 0.4) is 0 Å². The summed E-state index contributed by atoms with van der Waals surface area (Å²) < 4.78 is 18.7. The second-order valence-corrected chi connectivity index (χ2v) is 9.61. The summed E-state index contributed by atoms with van der Waals surface area (Å²) in [6.45, 7) is 2.29. The Morgan fingerprint density at radius 3 is 2.54 bits per heavy atom. The van der Waals surface area contributed by atoms with E-state index in [0.717, 1.165) is 16.9 Å². The smallest absolute Gasteiger partial charge is 0.255 e. The van der Waals surface area contributed by atoms with Crippen molar-refractivity contribution in [3.8, 4) is 17.2 Å². The zero-order valence-corrected chi connectivity index (χ0v) is 22.9. The van der Waals surface area contributed by atoms with Crippen LogP contribution in [0.25, 0.3) is 10.8 Å². The minimum atomic E-state index is -0.516. The lowest BCUT2D eigenvalue weighted by atomic mass is 9.95. The second kappa shape index (κ2) is 11.1. The molecule has 1 aliphatic rings. The molecule has 1 unspecified atom stereocenters. The molecule has 0 fully saturated rings. The third kappa shape index (κ3) is 5.05. The van der Waals surface area contributed by atoms with Gasteiger partial charge in [0.1, 0.15) is 36.2 Å². The zero-order valence-electron chi connectivity index (χ0n) is 22.9. The molecule has 6 rings (SSSR count). The summed E-state index contributed by atoms with van der Waals surface area (Å²) in [5, 5.41) is 13.0. The van der Waals surface area contributed by atoms with Crippen molar-refractivity contribution in [3.63, 3.8) is 0 Å². The van der Waals surface area contributed by atoms with Crippen molar-refractivity contribution < 1.29 is 19.0 Å². The molecule has 9 heteroatoms. The Balaban J connectivity index is 1.27. The van der Waals surface area contributed by atoms with Crippen molar-refractivity contribution in [2.45, 2.75) is 19.6 Å². The van der Waals surface area contributed by atoms with Crippen LogP contribution in [-0.4, -0.2) is 34.9 Å². The lowest BCUT2D eigenvalue weighted by Crippen LogP contribution is -2.31. The summed E-state index contributed by atoms with van der Waals surface area (Å²) >= 11 is 0. The summed E-state index contributed by atoms with van der Waals surface area (Å²) in [5.41, 5.74) is 3.64. The number of carbonyl (C=O) groups is 1. The number of methoxy groups -OCH3 is 2. The van der Waals surface area contributed by atoms with Gasteiger partial charge in [-0.2, -0.15) is 10.1 Å². The third-order valence-electron chi connectivity index (χ3n) is 7.16. The Kier molecular flexibility index (Phi) is 6.99. The number of nitrogens with zero attached hydrogens (tertiary/aromatic N) is 3. The first-order valence-corrected chi connectivity index (χ1v) is 13.2. The number of benzene rings is 4. The molecule has 0 saturated carbocycles. The van der Waals surface area contributed by atoms with Crippen LogP contribution in [0.2, 0.25) is 0 Å². The molecular formula is C32H29N5O4. The first kappa shape index (κ1) is 25.9. The molecule has 1 atom stereocenters. The maximum absolute atomic E-state index is 13.8. The molecule has 2 heterocycles. The molecular weight excluding hydrogens is 518 g/mol. The lowest BCUT2D eigenvalue weighted by Gasteiger charge is -2.29. The van der Waals surface area contributed by atoms with Crippen LogP contribution in [0, 0.1) is 0 Å². The summed E-state index contributed by atoms with van der Waals surface area (Å²) in [6, 6.07) is 26.9. The molecule has 0 radical (unpaired) electrons. The molecule has 0 spiro atoms. The molecule has 4 aromatic carbocycles. The van der Waals surface area contributed by atoms with Gasteiger partial charge >= 0.3 is 0 Å². The van der Waals surface area contributed by atoms with Crippen LogP contribution >= 0.6 is 0 Å². The van der Waals surface area contributed by atoms with Gasteiger partial charge in [-0.3, -0.25) is 4.79 Å². The topological polar surface area (TPSA) is 99.5 Å². The van der Waals surface area contributed by atoms with Gasteiger partial charge in [-0.1, -0.05) is 54.6 Å². The number of aromatic nitrogens is 3. The molecule has 1 aliphatic heterocycles. The van der Waals surface area contributed by atoms with E-state index in [1.165, 1.54) is 17.1 Å². The number of carbonyl (C=O) groups excluding carboxylic acids is 1. The summed E-state index contributed by atoms with van der Waals surface area (Å²) in [7, 11) is 3.13. The number of amides is 1. The Morgan fingerprint density at radius 2 is 1.73 bits per heavy atom. The zero-order chi connectivity index (χ0) is 28.3. The van der Waals surface area contributed by atoms with Gasteiger partial charge < -0.3 is 24.8 Å². The van der Waals surface area contributed by atoms with Gasteiger partial charge in [-0.05, 0) is 53.1 Å². The highest BCUT2D eigenvalue weighted by Crippen LogP contribution is 2.37. The van der Waals surface area contributed by atoms with Crippen molar-refractivity contribution in [1.82, 2.24) is 14.8 Å². The van der Waals surface area contributed by atoms with Gasteiger partial charge in [-0.25, -0.2) is 4.68 Å². The van der Waals surface area contributed by atoms with Crippen LogP contribution in [0.15, 0.2) is 103 Å². The molecule has 0 saturated heterocycles. The highest BCUT2D eigenvalue weighted by atomic mass is 16.5. The number of nitrogens with one attached hydrogen (secondary N) is 2. The number of ether oxygens (including phenoxy) is 3. The predicted octanol–water partition coefficient (Wildman–Crippen LogP) is 5.96. The standard InChI is InChI=1S/C32H29N5O4/c1-20-29(31(38)36-27-17-25(39-2)15-16-28(27)40-3)30(37-32(35-20)33-19-34-37)22-11-13-24(14-12-22)41-18-23-9-6-8-21-7-4-5-10-26(21)23/h4-17,19,30H,18H2,1-3H3,(H,36,38)(H,33,34,35). The van der Waals surface area contributed by atoms with E-state index >= 15 is 0 Å². The highest BCUT2D eigenvalue weighted by molar-refractivity contribution is 6.06. The van der Waals surface area contributed by atoms with Gasteiger partial charge in [0.25, 0.3) is 5.91 Å². The fourth-order valence-electron chi connectivity index (χ4n) is 5.12. The summed E-state index contributed by atoms with van der Waals surface area (Å²) in [4.78, 5) is 18.1. The Hall–Kier alpha value is -5.31. The molecule has 2 N–H and O–H groups in total. The molecule has 41 heavy (non-hydrogen) atoms. The Labute approximate surface area is 237 Å². The van der Waals surface area contributed by atoms with Crippen LogP contribution in [0.4, 0.5) is 11.6 Å². The molecule has 206 valence electrons.